The SMILES string of the molecule is NC(=O)Cn1cc(-c2cc(Oc3cccc(NC(=O)Nc4ccc(Cl)c(C(F)(F)F)c4)c3)ncn2)cn1. The van der Waals surface area contributed by atoms with Gasteiger partial charge in [0.2, 0.25) is 11.8 Å². The van der Waals surface area contributed by atoms with E-state index >= 15 is 0 Å². The van der Waals surface area contributed by atoms with Crippen LogP contribution in [0.5, 0.6) is 11.6 Å². The van der Waals surface area contributed by atoms with Crippen molar-refractivity contribution in [2.75, 3.05) is 10.6 Å². The number of aromatic nitrogens is 4. The highest BCUT2D eigenvalue weighted by Crippen LogP contribution is 2.36. The first-order valence-electron chi connectivity index (χ1n) is 10.4. The number of hydrogen-bond acceptors (Lipinski definition) is 6. The smallest absolute Gasteiger partial charge is 0.417 e. The van der Waals surface area contributed by atoms with Gasteiger partial charge in [-0.05, 0) is 30.3 Å². The predicted molar refractivity (Wildman–Crippen MR) is 128 cm³/mol. The van der Waals surface area contributed by atoms with Crippen molar-refractivity contribution >= 4 is 34.9 Å². The summed E-state index contributed by atoms with van der Waals surface area (Å²) in [6, 6.07) is 10.1. The lowest BCUT2D eigenvalue weighted by molar-refractivity contribution is -0.137. The van der Waals surface area contributed by atoms with Gasteiger partial charge in [0.15, 0.2) is 0 Å². The average molecular weight is 532 g/mol. The maximum atomic E-state index is 13.0. The number of halogens is 4. The fraction of sp³-hybridized carbons (Fsp3) is 0.0870. The quantitative estimate of drug-likeness (QED) is 0.309. The summed E-state index contributed by atoms with van der Waals surface area (Å²) in [5.41, 5.74) is 5.41. The Kier molecular flexibility index (Phi) is 7.25. The number of hydrogen-bond donors (Lipinski definition) is 3. The number of ether oxygens (including phenoxy) is 1. The summed E-state index contributed by atoms with van der Waals surface area (Å²) in [7, 11) is 0. The van der Waals surface area contributed by atoms with Crippen LogP contribution in [0.25, 0.3) is 11.3 Å². The van der Waals surface area contributed by atoms with Crippen LogP contribution < -0.4 is 21.1 Å². The molecule has 0 aliphatic heterocycles. The van der Waals surface area contributed by atoms with E-state index in [1.165, 1.54) is 29.3 Å². The van der Waals surface area contributed by atoms with Crippen molar-refractivity contribution in [2.45, 2.75) is 12.7 Å². The number of urea groups is 1. The molecule has 3 amide bonds. The number of alkyl halides is 3. The van der Waals surface area contributed by atoms with Crippen LogP contribution in [0.2, 0.25) is 5.02 Å². The first-order valence-corrected chi connectivity index (χ1v) is 10.8. The Balaban J connectivity index is 1.43. The number of rotatable bonds is 7. The van der Waals surface area contributed by atoms with Crippen molar-refractivity contribution in [3.63, 3.8) is 0 Å². The molecule has 14 heteroatoms. The zero-order valence-electron chi connectivity index (χ0n) is 18.7. The molecule has 0 aliphatic rings. The van der Waals surface area contributed by atoms with Gasteiger partial charge in [-0.2, -0.15) is 18.3 Å². The molecule has 2 heterocycles. The van der Waals surface area contributed by atoms with Gasteiger partial charge in [-0.15, -0.1) is 0 Å². The molecule has 2 aromatic heterocycles. The fourth-order valence-electron chi connectivity index (χ4n) is 3.17. The molecular formula is C23H17ClF3N7O3. The summed E-state index contributed by atoms with van der Waals surface area (Å²) >= 11 is 5.60. The van der Waals surface area contributed by atoms with E-state index in [1.807, 2.05) is 0 Å². The highest BCUT2D eigenvalue weighted by atomic mass is 35.5. The second-order valence-electron chi connectivity index (χ2n) is 7.54. The number of nitrogens with one attached hydrogen (secondary N) is 2. The fourth-order valence-corrected chi connectivity index (χ4v) is 3.39. The zero-order chi connectivity index (χ0) is 26.6. The van der Waals surface area contributed by atoms with Crippen molar-refractivity contribution in [1.29, 1.82) is 0 Å². The largest absolute Gasteiger partial charge is 0.439 e. The second-order valence-corrected chi connectivity index (χ2v) is 7.94. The lowest BCUT2D eigenvalue weighted by Gasteiger charge is -2.13. The van der Waals surface area contributed by atoms with E-state index in [4.69, 9.17) is 22.1 Å². The number of primary amides is 1. The monoisotopic (exact) mass is 531 g/mol. The summed E-state index contributed by atoms with van der Waals surface area (Å²) in [4.78, 5) is 31.6. The summed E-state index contributed by atoms with van der Waals surface area (Å²) in [5, 5.41) is 8.42. The molecule has 2 aromatic carbocycles. The van der Waals surface area contributed by atoms with Crippen molar-refractivity contribution in [3.8, 4) is 22.9 Å². The number of amides is 3. The van der Waals surface area contributed by atoms with Gasteiger partial charge in [0.1, 0.15) is 18.6 Å². The van der Waals surface area contributed by atoms with Crippen LogP contribution in [0.4, 0.5) is 29.3 Å². The van der Waals surface area contributed by atoms with Crippen molar-refractivity contribution in [2.24, 2.45) is 5.73 Å². The van der Waals surface area contributed by atoms with Gasteiger partial charge in [-0.25, -0.2) is 14.8 Å². The summed E-state index contributed by atoms with van der Waals surface area (Å²) in [5.74, 6) is -0.0319. The molecule has 37 heavy (non-hydrogen) atoms. The van der Waals surface area contributed by atoms with Crippen LogP contribution in [0.15, 0.2) is 67.3 Å². The standard InChI is InChI=1S/C23H17ClF3N7O3/c24-18-5-4-15(7-17(18)23(25,26)27)33-22(36)32-14-2-1-3-16(6-14)37-21-8-19(29-12-30-21)13-9-31-34(10-13)11-20(28)35/h1-10,12H,11H2,(H2,28,35)(H2,32,33,36). The van der Waals surface area contributed by atoms with Crippen LogP contribution in [-0.4, -0.2) is 31.7 Å². The molecule has 0 saturated heterocycles. The topological polar surface area (TPSA) is 137 Å². The first kappa shape index (κ1) is 25.4. The lowest BCUT2D eigenvalue weighted by atomic mass is 10.2. The van der Waals surface area contributed by atoms with E-state index in [-0.39, 0.29) is 18.1 Å². The minimum Gasteiger partial charge on any atom is -0.439 e. The Morgan fingerprint density at radius 2 is 1.81 bits per heavy atom. The van der Waals surface area contributed by atoms with Crippen LogP contribution in [-0.2, 0) is 17.5 Å². The third kappa shape index (κ3) is 6.73. The van der Waals surface area contributed by atoms with Gasteiger partial charge in [0.25, 0.3) is 0 Å². The third-order valence-corrected chi connectivity index (χ3v) is 5.06. The average Bonchev–Trinajstić information content (AvgIpc) is 3.28. The molecular weight excluding hydrogens is 515 g/mol. The number of nitrogens with zero attached hydrogens (tertiary/aromatic N) is 4. The highest BCUT2D eigenvalue weighted by molar-refractivity contribution is 6.31. The van der Waals surface area contributed by atoms with Gasteiger partial charge >= 0.3 is 12.2 Å². The molecule has 0 bridgehead atoms. The van der Waals surface area contributed by atoms with E-state index in [1.54, 1.807) is 30.5 Å². The molecule has 190 valence electrons. The van der Waals surface area contributed by atoms with E-state index < -0.39 is 28.7 Å². The van der Waals surface area contributed by atoms with E-state index in [2.05, 4.69) is 25.7 Å². The van der Waals surface area contributed by atoms with Crippen LogP contribution >= 0.6 is 11.6 Å². The van der Waals surface area contributed by atoms with Gasteiger partial charge in [0, 0.05) is 35.3 Å². The predicted octanol–water partition coefficient (Wildman–Crippen LogP) is 4.93. The van der Waals surface area contributed by atoms with Gasteiger partial charge in [-0.1, -0.05) is 17.7 Å². The van der Waals surface area contributed by atoms with Crippen LogP contribution in [0.3, 0.4) is 0 Å². The summed E-state index contributed by atoms with van der Waals surface area (Å²) in [6.07, 6.45) is -0.274. The number of nitrogens with two attached hydrogens (primary N) is 1. The molecule has 0 aliphatic carbocycles. The number of carbonyl (C=O) groups is 2. The minimum absolute atomic E-state index is 0.0800. The molecule has 0 atom stereocenters. The van der Waals surface area contributed by atoms with Crippen LogP contribution in [0.1, 0.15) is 5.56 Å². The van der Waals surface area contributed by atoms with E-state index in [0.29, 0.717) is 22.7 Å². The maximum absolute atomic E-state index is 13.0. The van der Waals surface area contributed by atoms with Crippen LogP contribution in [0, 0.1) is 0 Å². The molecule has 4 N–H and O–H groups in total. The Morgan fingerprint density at radius 3 is 2.54 bits per heavy atom. The molecule has 0 unspecified atom stereocenters. The Morgan fingerprint density at radius 1 is 1.05 bits per heavy atom. The van der Waals surface area contributed by atoms with Crippen molar-refractivity contribution < 1.29 is 27.5 Å². The summed E-state index contributed by atoms with van der Waals surface area (Å²) < 4.78 is 46.3. The Labute approximate surface area is 212 Å². The molecule has 0 fully saturated rings. The minimum atomic E-state index is -4.66. The normalized spacial score (nSPS) is 11.1. The van der Waals surface area contributed by atoms with Crippen molar-refractivity contribution in [1.82, 2.24) is 19.7 Å². The maximum Gasteiger partial charge on any atom is 0.417 e. The summed E-state index contributed by atoms with van der Waals surface area (Å²) in [6.45, 7) is -0.0800. The van der Waals surface area contributed by atoms with E-state index in [0.717, 1.165) is 12.1 Å². The molecule has 4 rings (SSSR count). The lowest BCUT2D eigenvalue weighted by Crippen LogP contribution is -2.20. The number of carbonyl (C=O) groups excluding carboxylic acids is 2. The number of benzene rings is 2. The second kappa shape index (κ2) is 10.5. The molecule has 10 nitrogen and oxygen atoms in total. The molecule has 0 spiro atoms. The molecule has 4 aromatic rings. The Hall–Kier alpha value is -4.65. The third-order valence-electron chi connectivity index (χ3n) is 4.73. The van der Waals surface area contributed by atoms with Gasteiger partial charge in [-0.3, -0.25) is 9.48 Å². The van der Waals surface area contributed by atoms with Crippen molar-refractivity contribution in [3.05, 3.63) is 77.8 Å². The highest BCUT2D eigenvalue weighted by Gasteiger charge is 2.33. The molecule has 0 saturated carbocycles. The van der Waals surface area contributed by atoms with Gasteiger partial charge in [0.05, 0.1) is 22.5 Å². The Bertz CT molecular complexity index is 1460. The first-order chi connectivity index (χ1) is 17.6. The zero-order valence-corrected chi connectivity index (χ0v) is 19.4. The number of anilines is 2. The van der Waals surface area contributed by atoms with E-state index in [9.17, 15) is 22.8 Å². The van der Waals surface area contributed by atoms with Gasteiger partial charge < -0.3 is 21.1 Å². The molecule has 0 radical (unpaired) electrons.